The first-order chi connectivity index (χ1) is 11.9. The van der Waals surface area contributed by atoms with E-state index in [1.165, 1.54) is 19.3 Å². The van der Waals surface area contributed by atoms with E-state index in [2.05, 4.69) is 11.9 Å². The molecule has 4 nitrogen and oxygen atoms in total. The van der Waals surface area contributed by atoms with Crippen molar-refractivity contribution >= 4 is 40.9 Å². The molecule has 0 amide bonds. The van der Waals surface area contributed by atoms with Gasteiger partial charge in [-0.15, -0.1) is 0 Å². The van der Waals surface area contributed by atoms with E-state index >= 15 is 0 Å². The van der Waals surface area contributed by atoms with Gasteiger partial charge in [0.25, 0.3) is 0 Å². The van der Waals surface area contributed by atoms with E-state index in [-0.39, 0.29) is 5.69 Å². The lowest BCUT2D eigenvalue weighted by Gasteiger charge is -2.12. The highest BCUT2D eigenvalue weighted by atomic mass is 35.5. The van der Waals surface area contributed by atoms with Gasteiger partial charge >= 0.3 is 5.97 Å². The van der Waals surface area contributed by atoms with Crippen molar-refractivity contribution in [3.05, 3.63) is 45.2 Å². The number of thioether (sulfide) groups is 1. The van der Waals surface area contributed by atoms with Gasteiger partial charge in [0.2, 0.25) is 0 Å². The fraction of sp³-hybridized carbons (Fsp3) is 0.444. The molecule has 0 aliphatic rings. The predicted octanol–water partition coefficient (Wildman–Crippen LogP) is 5.92. The van der Waals surface area contributed by atoms with E-state index in [1.54, 1.807) is 41.5 Å². The zero-order valence-electron chi connectivity index (χ0n) is 14.4. The van der Waals surface area contributed by atoms with Gasteiger partial charge in [-0.1, -0.05) is 61.1 Å². The van der Waals surface area contributed by atoms with Crippen LogP contribution in [0.1, 0.15) is 54.4 Å². The van der Waals surface area contributed by atoms with Crippen molar-refractivity contribution in [3.8, 4) is 0 Å². The molecule has 2 rings (SSSR count). The van der Waals surface area contributed by atoms with Crippen LogP contribution in [0.25, 0.3) is 0 Å². The lowest BCUT2D eigenvalue weighted by Crippen LogP contribution is -2.12. The number of carbonyl (C=O) groups is 1. The lowest BCUT2D eigenvalue weighted by molar-refractivity contribution is 0.0684. The zero-order chi connectivity index (χ0) is 18.4. The molecular weight excluding hydrogens is 379 g/mol. The number of hydrogen-bond acceptors (Lipinski definition) is 3. The smallest absolute Gasteiger partial charge is 0.354 e. The summed E-state index contributed by atoms with van der Waals surface area (Å²) in [6.07, 6.45) is 4.67. The SMILES string of the molecule is CCCCCCSc1nc(C)c(C(=O)O)n1Cc1cc(Cl)ccc1Cl. The average Bonchev–Trinajstić information content (AvgIpc) is 2.86. The summed E-state index contributed by atoms with van der Waals surface area (Å²) in [5, 5.41) is 11.4. The van der Waals surface area contributed by atoms with Crippen LogP contribution in [0.5, 0.6) is 0 Å². The quantitative estimate of drug-likeness (QED) is 0.419. The van der Waals surface area contributed by atoms with Crippen LogP contribution in [0.3, 0.4) is 0 Å². The van der Waals surface area contributed by atoms with Gasteiger partial charge in [-0.05, 0) is 37.1 Å². The molecule has 136 valence electrons. The van der Waals surface area contributed by atoms with Crippen LogP contribution in [0.4, 0.5) is 0 Å². The average molecular weight is 401 g/mol. The molecule has 0 aliphatic heterocycles. The summed E-state index contributed by atoms with van der Waals surface area (Å²) in [4.78, 5) is 16.2. The van der Waals surface area contributed by atoms with Gasteiger partial charge in [0.15, 0.2) is 10.9 Å². The Balaban J connectivity index is 2.26. The second-order valence-electron chi connectivity index (χ2n) is 5.86. The Morgan fingerprint density at radius 2 is 2.04 bits per heavy atom. The van der Waals surface area contributed by atoms with Crippen molar-refractivity contribution in [1.82, 2.24) is 9.55 Å². The van der Waals surface area contributed by atoms with E-state index in [0.29, 0.717) is 27.4 Å². The van der Waals surface area contributed by atoms with Gasteiger partial charge < -0.3 is 9.67 Å². The first kappa shape index (κ1) is 20.1. The standard InChI is InChI=1S/C18H22Cl2N2O2S/c1-3-4-5-6-9-25-18-21-12(2)16(17(23)24)22(18)11-13-10-14(19)7-8-15(13)20/h7-8,10H,3-6,9,11H2,1-2H3,(H,23,24). The largest absolute Gasteiger partial charge is 0.477 e. The molecule has 2 aromatic rings. The molecule has 0 atom stereocenters. The normalized spacial score (nSPS) is 11.0. The van der Waals surface area contributed by atoms with E-state index in [1.807, 2.05) is 0 Å². The predicted molar refractivity (Wildman–Crippen MR) is 104 cm³/mol. The first-order valence-corrected chi connectivity index (χ1v) is 10.0. The number of imidazole rings is 1. The molecule has 0 spiro atoms. The molecule has 0 aliphatic carbocycles. The molecular formula is C18H22Cl2N2O2S. The topological polar surface area (TPSA) is 55.1 Å². The molecule has 1 aromatic carbocycles. The maximum absolute atomic E-state index is 11.7. The molecule has 0 saturated heterocycles. The molecule has 25 heavy (non-hydrogen) atoms. The Hall–Kier alpha value is -1.17. The van der Waals surface area contributed by atoms with Gasteiger partial charge in [-0.25, -0.2) is 9.78 Å². The molecule has 0 radical (unpaired) electrons. The minimum absolute atomic E-state index is 0.201. The summed E-state index contributed by atoms with van der Waals surface area (Å²) in [5.74, 6) is -0.0697. The van der Waals surface area contributed by atoms with Gasteiger partial charge in [0.05, 0.1) is 12.2 Å². The van der Waals surface area contributed by atoms with Crippen LogP contribution in [0.15, 0.2) is 23.4 Å². The third-order valence-corrected chi connectivity index (χ3v) is 5.54. The monoisotopic (exact) mass is 400 g/mol. The van der Waals surface area contributed by atoms with Crippen LogP contribution >= 0.6 is 35.0 Å². The Kier molecular flexibility index (Phi) is 7.66. The van der Waals surface area contributed by atoms with Crippen molar-refractivity contribution in [3.63, 3.8) is 0 Å². The Morgan fingerprint density at radius 1 is 1.28 bits per heavy atom. The summed E-state index contributed by atoms with van der Waals surface area (Å²) in [5.41, 5.74) is 1.50. The first-order valence-electron chi connectivity index (χ1n) is 8.31. The summed E-state index contributed by atoms with van der Waals surface area (Å²) in [7, 11) is 0. The fourth-order valence-corrected chi connectivity index (χ4v) is 4.02. The molecule has 1 N–H and O–H groups in total. The number of unbranched alkanes of at least 4 members (excludes halogenated alkanes) is 3. The van der Waals surface area contributed by atoms with E-state index in [9.17, 15) is 9.90 Å². The fourth-order valence-electron chi connectivity index (χ4n) is 2.60. The van der Waals surface area contributed by atoms with Gasteiger partial charge in [-0.3, -0.25) is 0 Å². The molecule has 1 heterocycles. The minimum Gasteiger partial charge on any atom is -0.477 e. The summed E-state index contributed by atoms with van der Waals surface area (Å²) in [6.45, 7) is 4.23. The summed E-state index contributed by atoms with van der Waals surface area (Å²) >= 11 is 13.9. The van der Waals surface area contributed by atoms with E-state index < -0.39 is 5.97 Å². The molecule has 7 heteroatoms. The number of benzene rings is 1. The highest BCUT2D eigenvalue weighted by molar-refractivity contribution is 7.99. The number of aryl methyl sites for hydroxylation is 1. The van der Waals surface area contributed by atoms with Crippen LogP contribution in [0, 0.1) is 6.92 Å². The molecule has 0 unspecified atom stereocenters. The highest BCUT2D eigenvalue weighted by Gasteiger charge is 2.21. The Labute approximate surface area is 162 Å². The van der Waals surface area contributed by atoms with Crippen LogP contribution in [-0.4, -0.2) is 26.4 Å². The summed E-state index contributed by atoms with van der Waals surface area (Å²) in [6, 6.07) is 5.20. The molecule has 0 fully saturated rings. The summed E-state index contributed by atoms with van der Waals surface area (Å²) < 4.78 is 1.72. The van der Waals surface area contributed by atoms with Crippen molar-refractivity contribution in [2.45, 2.75) is 51.2 Å². The lowest BCUT2D eigenvalue weighted by atomic mass is 10.2. The van der Waals surface area contributed by atoms with E-state index in [4.69, 9.17) is 23.2 Å². The Morgan fingerprint density at radius 3 is 2.72 bits per heavy atom. The molecule has 0 saturated carbocycles. The number of aromatic carboxylic acids is 1. The van der Waals surface area contributed by atoms with Crippen molar-refractivity contribution in [1.29, 1.82) is 0 Å². The van der Waals surface area contributed by atoms with Gasteiger partial charge in [-0.2, -0.15) is 0 Å². The number of aromatic nitrogens is 2. The zero-order valence-corrected chi connectivity index (χ0v) is 16.7. The molecule has 0 bridgehead atoms. The van der Waals surface area contributed by atoms with Crippen LogP contribution in [0.2, 0.25) is 10.0 Å². The maximum atomic E-state index is 11.7. The minimum atomic E-state index is -0.985. The Bertz CT molecular complexity index is 747. The number of rotatable bonds is 9. The second kappa shape index (κ2) is 9.51. The van der Waals surface area contributed by atoms with Gasteiger partial charge in [0, 0.05) is 15.8 Å². The van der Waals surface area contributed by atoms with Crippen molar-refractivity contribution in [2.75, 3.05) is 5.75 Å². The van der Waals surface area contributed by atoms with E-state index in [0.717, 1.165) is 17.7 Å². The third-order valence-electron chi connectivity index (χ3n) is 3.87. The van der Waals surface area contributed by atoms with Crippen molar-refractivity contribution in [2.24, 2.45) is 0 Å². The second-order valence-corrected chi connectivity index (χ2v) is 7.77. The van der Waals surface area contributed by atoms with Crippen molar-refractivity contribution < 1.29 is 9.90 Å². The third kappa shape index (κ3) is 5.40. The van der Waals surface area contributed by atoms with Crippen LogP contribution < -0.4 is 0 Å². The highest BCUT2D eigenvalue weighted by Crippen LogP contribution is 2.27. The molecule has 1 aromatic heterocycles. The number of halogens is 2. The number of hydrogen-bond donors (Lipinski definition) is 1. The van der Waals surface area contributed by atoms with Gasteiger partial charge in [0.1, 0.15) is 0 Å². The number of carboxylic acid groups (broad SMARTS) is 1. The maximum Gasteiger partial charge on any atom is 0.354 e. The number of nitrogens with zero attached hydrogens (tertiary/aromatic N) is 2. The van der Waals surface area contributed by atoms with Crippen LogP contribution in [-0.2, 0) is 6.54 Å². The number of carboxylic acids is 1.